The molecule has 520 valence electrons. The van der Waals surface area contributed by atoms with Gasteiger partial charge in [0.2, 0.25) is 11.8 Å². The molecule has 0 bridgehead atoms. The lowest BCUT2D eigenvalue weighted by atomic mass is 9.72. The predicted octanol–water partition coefficient (Wildman–Crippen LogP) is 12.7. The standard InChI is InChI=1S/C73H85F7N8O8S/c1-83(34-14-35-85(3)68(92)63-27-26-59(97-63)47-81-33-13-5-8-21-65(89)84(2)41-42-86-36-28-58(29-37-86)96-69(93)82-62-20-12-10-18-60(62)51-15-6-4-7-16-51)66(90)48-94-64-45-52-17-9-11-19-61(52)70(64)30-38-87(39-31-70)40-32-71(54-22-24-57(74)25-23-54)49-88(50-95-71)67(91)53-43-55(72(75,76)77)46-56(44-53)73(78,79)80/h4,6-7,9-12,15-20,22-27,43-44,46,58,64,81H,5,8,13-14,21,28-42,45,47-50H2,1-3H3,(H,82,93)/t64-,71+/m0/s1. The van der Waals surface area contributed by atoms with E-state index in [9.17, 15) is 54.7 Å². The Hall–Kier alpha value is -7.74. The van der Waals surface area contributed by atoms with E-state index in [0.717, 1.165) is 84.8 Å². The Morgan fingerprint density at radius 2 is 1.35 bits per heavy atom. The van der Waals surface area contributed by atoms with Crippen molar-refractivity contribution < 1.29 is 68.9 Å². The molecule has 3 fully saturated rings. The van der Waals surface area contributed by atoms with E-state index in [0.29, 0.717) is 106 Å². The van der Waals surface area contributed by atoms with Gasteiger partial charge in [0.25, 0.3) is 11.8 Å². The summed E-state index contributed by atoms with van der Waals surface area (Å²) >= 11 is 1.45. The fraction of sp³-hybridized carbons (Fsp3) is 0.466. The van der Waals surface area contributed by atoms with E-state index in [1.54, 1.807) is 28.8 Å². The molecule has 1 aromatic heterocycles. The number of anilines is 1. The number of thiophene rings is 1. The number of hydrogen-bond donors (Lipinski definition) is 2. The van der Waals surface area contributed by atoms with Crippen molar-refractivity contribution in [2.24, 2.45) is 0 Å². The van der Waals surface area contributed by atoms with Crippen LogP contribution in [0.5, 0.6) is 0 Å². The third kappa shape index (κ3) is 18.5. The van der Waals surface area contributed by atoms with Crippen LogP contribution < -0.4 is 10.6 Å². The number of halogens is 7. The Morgan fingerprint density at radius 1 is 0.691 bits per heavy atom. The summed E-state index contributed by atoms with van der Waals surface area (Å²) in [6.07, 6.45) is -3.88. The van der Waals surface area contributed by atoms with Crippen LogP contribution in [0.2, 0.25) is 0 Å². The fourth-order valence-corrected chi connectivity index (χ4v) is 14.6. The molecule has 2 N–H and O–H groups in total. The molecule has 10 rings (SSSR count). The first-order valence-electron chi connectivity index (χ1n) is 33.3. The molecule has 6 aromatic rings. The van der Waals surface area contributed by atoms with E-state index in [-0.39, 0.29) is 55.6 Å². The number of rotatable bonds is 27. The number of benzene rings is 5. The number of likely N-dealkylation sites (tertiary alicyclic amines) is 2. The normalized spacial score (nSPS) is 18.2. The van der Waals surface area contributed by atoms with Crippen LogP contribution in [0, 0.1) is 5.82 Å². The van der Waals surface area contributed by atoms with Gasteiger partial charge < -0.3 is 48.9 Å². The molecule has 97 heavy (non-hydrogen) atoms. The summed E-state index contributed by atoms with van der Waals surface area (Å²) in [5.74, 6) is -1.76. The summed E-state index contributed by atoms with van der Waals surface area (Å²) in [4.78, 5) is 79.1. The molecule has 2 atom stereocenters. The number of piperidine rings is 2. The van der Waals surface area contributed by atoms with Crippen molar-refractivity contribution in [1.29, 1.82) is 0 Å². The molecule has 5 amide bonds. The Labute approximate surface area is 566 Å². The van der Waals surface area contributed by atoms with Gasteiger partial charge >= 0.3 is 18.4 Å². The second kappa shape index (κ2) is 32.3. The van der Waals surface area contributed by atoms with Gasteiger partial charge in [-0.25, -0.2) is 9.18 Å². The summed E-state index contributed by atoms with van der Waals surface area (Å²) in [6.45, 7) is 6.07. The van der Waals surface area contributed by atoms with Gasteiger partial charge in [-0.3, -0.25) is 24.5 Å². The van der Waals surface area contributed by atoms with Crippen LogP contribution >= 0.6 is 11.3 Å². The highest BCUT2D eigenvalue weighted by molar-refractivity contribution is 7.14. The topological polar surface area (TPSA) is 157 Å². The van der Waals surface area contributed by atoms with Gasteiger partial charge in [0.1, 0.15) is 30.9 Å². The number of likely N-dealkylation sites (N-methyl/N-ethyl adjacent to an activating group) is 2. The average molecular weight is 1370 g/mol. The highest BCUT2D eigenvalue weighted by Crippen LogP contribution is 2.49. The number of amides is 5. The molecule has 5 aromatic carbocycles. The zero-order valence-electron chi connectivity index (χ0n) is 55.0. The largest absolute Gasteiger partial charge is 0.446 e. The molecule has 1 spiro atoms. The third-order valence-electron chi connectivity index (χ3n) is 19.4. The van der Waals surface area contributed by atoms with E-state index in [4.69, 9.17) is 14.2 Å². The molecule has 0 unspecified atom stereocenters. The summed E-state index contributed by atoms with van der Waals surface area (Å²) < 4.78 is 116. The number of carbonyl (C=O) groups excluding carboxylic acids is 5. The van der Waals surface area contributed by atoms with Crippen LogP contribution in [0.4, 0.5) is 41.2 Å². The maximum Gasteiger partial charge on any atom is 0.416 e. The zero-order chi connectivity index (χ0) is 68.9. The van der Waals surface area contributed by atoms with Crippen molar-refractivity contribution in [2.45, 2.75) is 113 Å². The van der Waals surface area contributed by atoms with Crippen molar-refractivity contribution in [3.8, 4) is 11.1 Å². The van der Waals surface area contributed by atoms with Crippen molar-refractivity contribution in [3.63, 3.8) is 0 Å². The molecule has 0 saturated carbocycles. The lowest BCUT2D eigenvalue weighted by Crippen LogP contribution is -2.50. The van der Waals surface area contributed by atoms with Crippen LogP contribution in [-0.2, 0) is 60.1 Å². The summed E-state index contributed by atoms with van der Waals surface area (Å²) in [5, 5.41) is 6.40. The molecule has 16 nitrogen and oxygen atoms in total. The van der Waals surface area contributed by atoms with Crippen molar-refractivity contribution in [1.82, 2.24) is 34.7 Å². The van der Waals surface area contributed by atoms with Crippen LogP contribution in [0.1, 0.15) is 117 Å². The Balaban J connectivity index is 0.598. The van der Waals surface area contributed by atoms with E-state index in [1.807, 2.05) is 85.9 Å². The first-order chi connectivity index (χ1) is 46.5. The number of unbranched alkanes of at least 4 members (excludes halogenated alkanes) is 2. The highest BCUT2D eigenvalue weighted by atomic mass is 32.1. The van der Waals surface area contributed by atoms with Gasteiger partial charge in [0.15, 0.2) is 0 Å². The molecular weight excluding hydrogens is 1280 g/mol. The predicted molar refractivity (Wildman–Crippen MR) is 356 cm³/mol. The van der Waals surface area contributed by atoms with Gasteiger partial charge in [-0.15, -0.1) is 11.3 Å². The van der Waals surface area contributed by atoms with Gasteiger partial charge in [0.05, 0.1) is 34.3 Å². The lowest BCUT2D eigenvalue weighted by molar-refractivity contribution is -0.143. The molecule has 3 saturated heterocycles. The second-order valence-electron chi connectivity index (χ2n) is 25.9. The van der Waals surface area contributed by atoms with Crippen LogP contribution in [0.25, 0.3) is 11.1 Å². The summed E-state index contributed by atoms with van der Waals surface area (Å²) in [7, 11) is 5.33. The van der Waals surface area contributed by atoms with Crippen LogP contribution in [-0.4, -0.2) is 178 Å². The zero-order valence-corrected chi connectivity index (χ0v) is 55.9. The van der Waals surface area contributed by atoms with E-state index >= 15 is 0 Å². The number of para-hydroxylation sites is 1. The quantitative estimate of drug-likeness (QED) is 0.0374. The van der Waals surface area contributed by atoms with Crippen molar-refractivity contribution >= 4 is 46.7 Å². The maximum atomic E-state index is 14.2. The minimum absolute atomic E-state index is 0.0276. The molecule has 1 aliphatic carbocycles. The van der Waals surface area contributed by atoms with Gasteiger partial charge in [-0.2, -0.15) is 26.3 Å². The Morgan fingerprint density at radius 3 is 2.07 bits per heavy atom. The van der Waals surface area contributed by atoms with Crippen molar-refractivity contribution in [2.75, 3.05) is 112 Å². The Kier molecular flexibility index (Phi) is 24.0. The lowest BCUT2D eigenvalue weighted by Gasteiger charge is -2.44. The number of hydrogen-bond acceptors (Lipinski definition) is 12. The molecule has 3 aliphatic heterocycles. The number of fused-ring (bicyclic) bond motifs is 2. The number of carbonyl (C=O) groups is 5. The number of ether oxygens (including phenoxy) is 3. The maximum absolute atomic E-state index is 14.2. The molecule has 0 radical (unpaired) electrons. The first kappa shape index (κ1) is 72.0. The number of nitrogens with one attached hydrogen (secondary N) is 2. The number of alkyl halides is 6. The smallest absolute Gasteiger partial charge is 0.416 e. The van der Waals surface area contributed by atoms with E-state index < -0.39 is 64.6 Å². The SMILES string of the molecule is CN(CCN1CCC(OC(=O)Nc2ccccc2-c2ccccc2)CC1)C(=O)CCCCCNCc1ccc(C(=O)N(C)CCCN(C)C(=O)CO[C@H]2Cc3ccccc3C23CCN(CC[C@]2(c4ccc(F)cc4)CN(C(=O)c4cc(C(F)(F)F)cc(C(F)(F)F)c4)CO2)CC3)s1. The first-order valence-corrected chi connectivity index (χ1v) is 34.1. The minimum atomic E-state index is -5.15. The van der Waals surface area contributed by atoms with Gasteiger partial charge in [-0.1, -0.05) is 91.3 Å². The molecule has 24 heteroatoms. The van der Waals surface area contributed by atoms with Crippen LogP contribution in [0.15, 0.2) is 133 Å². The molecule has 4 aliphatic rings. The Bertz CT molecular complexity index is 3620. The van der Waals surface area contributed by atoms with Crippen molar-refractivity contribution in [3.05, 3.63) is 182 Å². The van der Waals surface area contributed by atoms with Gasteiger partial charge in [0, 0.05) is 101 Å². The van der Waals surface area contributed by atoms with Gasteiger partial charge in [-0.05, 0) is 148 Å². The molecule has 4 heterocycles. The fourth-order valence-electron chi connectivity index (χ4n) is 13.6. The third-order valence-corrected chi connectivity index (χ3v) is 20.5. The number of nitrogens with zero attached hydrogens (tertiary/aromatic N) is 6. The highest BCUT2D eigenvalue weighted by Gasteiger charge is 2.50. The summed E-state index contributed by atoms with van der Waals surface area (Å²) in [5.41, 5.74) is -0.222. The average Bonchev–Trinajstić information content (AvgIpc) is 1.62. The summed E-state index contributed by atoms with van der Waals surface area (Å²) in [6, 6.07) is 35.8. The monoisotopic (exact) mass is 1370 g/mol. The second-order valence-corrected chi connectivity index (χ2v) is 27.1. The minimum Gasteiger partial charge on any atom is -0.446 e. The molecular formula is C73H85F7N8O8S. The van der Waals surface area contributed by atoms with E-state index in [1.165, 1.54) is 41.2 Å². The van der Waals surface area contributed by atoms with E-state index in [2.05, 4.69) is 32.6 Å². The van der Waals surface area contributed by atoms with Crippen LogP contribution in [0.3, 0.4) is 0 Å².